The van der Waals surface area contributed by atoms with Crippen LogP contribution in [-0.2, 0) is 9.59 Å². The van der Waals surface area contributed by atoms with Gasteiger partial charge in [0.1, 0.15) is 11.4 Å². The number of carbonyl (C=O) groups is 2. The van der Waals surface area contributed by atoms with Gasteiger partial charge in [-0.2, -0.15) is 0 Å². The maximum atomic E-state index is 13.2. The summed E-state index contributed by atoms with van der Waals surface area (Å²) in [6.45, 7) is 6.19. The Hall–Kier alpha value is -2.79. The Bertz CT molecular complexity index is 966. The van der Waals surface area contributed by atoms with Crippen molar-refractivity contribution in [3.63, 3.8) is 0 Å². The molecule has 1 N–H and O–H groups in total. The Morgan fingerprint density at radius 3 is 2.50 bits per heavy atom. The number of aryl methyl sites for hydroxylation is 1. The number of halogens is 1. The number of nitrogens with zero attached hydrogens (tertiary/aromatic N) is 1. The maximum Gasteiger partial charge on any atom is 0.278 e. The third-order valence-corrected chi connectivity index (χ3v) is 4.79. The van der Waals surface area contributed by atoms with E-state index >= 15 is 0 Å². The monoisotopic (exact) mass is 398 g/mol. The molecule has 146 valence electrons. The number of benzene rings is 2. The number of imide groups is 1. The first-order valence-corrected chi connectivity index (χ1v) is 9.48. The lowest BCUT2D eigenvalue weighted by Gasteiger charge is -2.17. The first kappa shape index (κ1) is 20.0. The van der Waals surface area contributed by atoms with Crippen LogP contribution < -0.4 is 10.1 Å². The van der Waals surface area contributed by atoms with Gasteiger partial charge in [-0.1, -0.05) is 49.7 Å². The van der Waals surface area contributed by atoms with Gasteiger partial charge >= 0.3 is 0 Å². The lowest BCUT2D eigenvalue weighted by atomic mass is 10.0. The van der Waals surface area contributed by atoms with Gasteiger partial charge in [0.05, 0.1) is 12.7 Å². The van der Waals surface area contributed by atoms with Gasteiger partial charge in [-0.15, -0.1) is 0 Å². The highest BCUT2D eigenvalue weighted by Gasteiger charge is 2.40. The number of ether oxygens (including phenoxy) is 1. The molecule has 2 amide bonds. The summed E-state index contributed by atoms with van der Waals surface area (Å²) in [5, 5.41) is 3.71. The number of hydrogen-bond acceptors (Lipinski definition) is 4. The smallest absolute Gasteiger partial charge is 0.278 e. The number of methoxy groups -OCH3 is 1. The molecule has 2 aromatic carbocycles. The van der Waals surface area contributed by atoms with Gasteiger partial charge in [0, 0.05) is 22.8 Å². The molecule has 5 nitrogen and oxygen atoms in total. The fraction of sp³-hybridized carbons (Fsp3) is 0.273. The molecule has 0 fully saturated rings. The zero-order valence-electron chi connectivity index (χ0n) is 16.4. The Balaban J connectivity index is 2.15. The molecule has 0 saturated carbocycles. The van der Waals surface area contributed by atoms with Crippen LogP contribution in [0.1, 0.15) is 25.0 Å². The van der Waals surface area contributed by atoms with Gasteiger partial charge in [0.25, 0.3) is 11.8 Å². The van der Waals surface area contributed by atoms with Crippen molar-refractivity contribution in [1.29, 1.82) is 0 Å². The fourth-order valence-electron chi connectivity index (χ4n) is 3.19. The maximum absolute atomic E-state index is 13.2. The van der Waals surface area contributed by atoms with E-state index in [2.05, 4.69) is 5.32 Å². The number of nitrogens with one attached hydrogen (secondary N) is 1. The Morgan fingerprint density at radius 2 is 1.82 bits per heavy atom. The topological polar surface area (TPSA) is 58.6 Å². The third kappa shape index (κ3) is 3.76. The summed E-state index contributed by atoms with van der Waals surface area (Å²) < 4.78 is 5.43. The predicted octanol–water partition coefficient (Wildman–Crippen LogP) is 4.51. The number of anilines is 1. The summed E-state index contributed by atoms with van der Waals surface area (Å²) in [5.74, 6) is 0.00982. The SMILES string of the molecule is COc1ccccc1C1=C(Nc2cc(Cl)ccc2C)C(=O)N(CC(C)C)C1=O. The molecule has 1 aliphatic rings. The van der Waals surface area contributed by atoms with E-state index in [1.54, 1.807) is 31.4 Å². The minimum atomic E-state index is -0.348. The van der Waals surface area contributed by atoms with E-state index in [1.807, 2.05) is 39.0 Å². The number of carbonyl (C=O) groups excluding carboxylic acids is 2. The van der Waals surface area contributed by atoms with Crippen LogP contribution in [0.5, 0.6) is 5.75 Å². The van der Waals surface area contributed by atoms with Crippen molar-refractivity contribution in [2.45, 2.75) is 20.8 Å². The molecule has 0 radical (unpaired) electrons. The van der Waals surface area contributed by atoms with Crippen LogP contribution in [0.15, 0.2) is 48.2 Å². The summed E-state index contributed by atoms with van der Waals surface area (Å²) in [4.78, 5) is 27.6. The molecule has 6 heteroatoms. The molecular weight excluding hydrogens is 376 g/mol. The standard InChI is InChI=1S/C22H23ClN2O3/c1-13(2)12-25-21(26)19(16-7-5-6-8-18(16)28-4)20(22(25)27)24-17-11-15(23)10-9-14(17)3/h5-11,13,24H,12H2,1-4H3. The van der Waals surface area contributed by atoms with E-state index < -0.39 is 0 Å². The molecule has 0 saturated heterocycles. The number of amides is 2. The zero-order chi connectivity index (χ0) is 20.4. The van der Waals surface area contributed by atoms with Gasteiger partial charge in [0.2, 0.25) is 0 Å². The molecule has 0 bridgehead atoms. The minimum absolute atomic E-state index is 0.152. The van der Waals surface area contributed by atoms with Crippen molar-refractivity contribution in [3.05, 3.63) is 64.3 Å². The number of para-hydroxylation sites is 1. The van der Waals surface area contributed by atoms with E-state index in [0.29, 0.717) is 34.1 Å². The lowest BCUT2D eigenvalue weighted by Crippen LogP contribution is -2.35. The highest BCUT2D eigenvalue weighted by molar-refractivity contribution is 6.37. The van der Waals surface area contributed by atoms with Crippen molar-refractivity contribution in [1.82, 2.24) is 4.90 Å². The molecule has 1 aliphatic heterocycles. The average Bonchev–Trinajstić information content (AvgIpc) is 2.88. The second-order valence-electron chi connectivity index (χ2n) is 7.15. The molecule has 0 atom stereocenters. The Morgan fingerprint density at radius 1 is 1.11 bits per heavy atom. The third-order valence-electron chi connectivity index (χ3n) is 4.55. The summed E-state index contributed by atoms with van der Waals surface area (Å²) >= 11 is 6.13. The van der Waals surface area contributed by atoms with E-state index in [1.165, 1.54) is 4.90 Å². The van der Waals surface area contributed by atoms with Gasteiger partial charge in [0.15, 0.2) is 0 Å². The molecule has 1 heterocycles. The van der Waals surface area contributed by atoms with Crippen LogP contribution in [0.2, 0.25) is 5.02 Å². The predicted molar refractivity (Wildman–Crippen MR) is 111 cm³/mol. The first-order chi connectivity index (χ1) is 13.3. The van der Waals surface area contributed by atoms with Gasteiger partial charge < -0.3 is 10.1 Å². The average molecular weight is 399 g/mol. The quantitative estimate of drug-likeness (QED) is 0.727. The molecule has 2 aromatic rings. The van der Waals surface area contributed by atoms with Crippen LogP contribution in [0.25, 0.3) is 5.57 Å². The van der Waals surface area contributed by atoms with Gasteiger partial charge in [-0.25, -0.2) is 0 Å². The highest BCUT2D eigenvalue weighted by atomic mass is 35.5. The largest absolute Gasteiger partial charge is 0.496 e. The van der Waals surface area contributed by atoms with Gasteiger partial charge in [-0.05, 0) is 36.6 Å². The second kappa shape index (κ2) is 8.07. The molecule has 3 rings (SSSR count). The van der Waals surface area contributed by atoms with E-state index in [-0.39, 0.29) is 23.4 Å². The summed E-state index contributed by atoms with van der Waals surface area (Å²) in [6.07, 6.45) is 0. The lowest BCUT2D eigenvalue weighted by molar-refractivity contribution is -0.137. The molecule has 0 aliphatic carbocycles. The summed E-state index contributed by atoms with van der Waals surface area (Å²) in [7, 11) is 1.54. The molecule has 0 unspecified atom stereocenters. The van der Waals surface area contributed by atoms with Crippen LogP contribution in [-0.4, -0.2) is 30.4 Å². The minimum Gasteiger partial charge on any atom is -0.496 e. The number of hydrogen-bond donors (Lipinski definition) is 1. The van der Waals surface area contributed by atoms with Crippen molar-refractivity contribution in [2.24, 2.45) is 5.92 Å². The van der Waals surface area contributed by atoms with Crippen LogP contribution in [0.4, 0.5) is 5.69 Å². The summed E-state index contributed by atoms with van der Waals surface area (Å²) in [6, 6.07) is 12.6. The second-order valence-corrected chi connectivity index (χ2v) is 7.59. The van der Waals surface area contributed by atoms with E-state index in [4.69, 9.17) is 16.3 Å². The molecule has 0 spiro atoms. The summed E-state index contributed by atoms with van der Waals surface area (Å²) in [5.41, 5.74) is 2.72. The normalized spacial score (nSPS) is 14.3. The Kier molecular flexibility index (Phi) is 5.75. The number of rotatable bonds is 6. The van der Waals surface area contributed by atoms with E-state index in [0.717, 1.165) is 5.56 Å². The van der Waals surface area contributed by atoms with Gasteiger partial charge in [-0.3, -0.25) is 14.5 Å². The van der Waals surface area contributed by atoms with Crippen LogP contribution >= 0.6 is 11.6 Å². The van der Waals surface area contributed by atoms with Crippen molar-refractivity contribution in [3.8, 4) is 5.75 Å². The molecular formula is C22H23ClN2O3. The van der Waals surface area contributed by atoms with Crippen LogP contribution in [0.3, 0.4) is 0 Å². The van der Waals surface area contributed by atoms with Crippen molar-refractivity contribution < 1.29 is 14.3 Å². The van der Waals surface area contributed by atoms with E-state index in [9.17, 15) is 9.59 Å². The highest BCUT2D eigenvalue weighted by Crippen LogP contribution is 2.36. The zero-order valence-corrected chi connectivity index (χ0v) is 17.1. The molecule has 0 aromatic heterocycles. The van der Waals surface area contributed by atoms with Crippen molar-refractivity contribution >= 4 is 34.7 Å². The molecule has 28 heavy (non-hydrogen) atoms. The van der Waals surface area contributed by atoms with Crippen molar-refractivity contribution in [2.75, 3.05) is 19.0 Å². The van der Waals surface area contributed by atoms with Crippen LogP contribution in [0, 0.1) is 12.8 Å². The fourth-order valence-corrected chi connectivity index (χ4v) is 3.36. The Labute approximate surface area is 169 Å². The first-order valence-electron chi connectivity index (χ1n) is 9.10.